The Morgan fingerprint density at radius 1 is 1.00 bits per heavy atom. The predicted octanol–water partition coefficient (Wildman–Crippen LogP) is 3.37. The van der Waals surface area contributed by atoms with Crippen LogP contribution in [0.3, 0.4) is 0 Å². The van der Waals surface area contributed by atoms with E-state index < -0.39 is 23.1 Å². The van der Waals surface area contributed by atoms with Gasteiger partial charge in [-0.05, 0) is 54.1 Å². The molecule has 4 rings (SSSR count). The summed E-state index contributed by atoms with van der Waals surface area (Å²) in [7, 11) is 0. The van der Waals surface area contributed by atoms with Crippen LogP contribution < -0.4 is 11.0 Å². The van der Waals surface area contributed by atoms with Crippen LogP contribution >= 0.6 is 0 Å². The molecule has 0 aliphatic rings. The van der Waals surface area contributed by atoms with Gasteiger partial charge in [-0.1, -0.05) is 18.2 Å². The quantitative estimate of drug-likeness (QED) is 0.401. The molecule has 0 unspecified atom stereocenters. The Labute approximate surface area is 169 Å². The van der Waals surface area contributed by atoms with Crippen molar-refractivity contribution in [2.45, 2.75) is 6.42 Å². The van der Waals surface area contributed by atoms with E-state index in [4.69, 9.17) is 5.21 Å². The fraction of sp³-hybridized carbons (Fsp3) is 0.0455. The van der Waals surface area contributed by atoms with Crippen LogP contribution in [-0.2, 0) is 6.42 Å². The van der Waals surface area contributed by atoms with Crippen LogP contribution in [0, 0.1) is 11.6 Å². The van der Waals surface area contributed by atoms with Crippen LogP contribution in [0.5, 0.6) is 0 Å². The number of hydrogen-bond donors (Lipinski definition) is 2. The van der Waals surface area contributed by atoms with Crippen molar-refractivity contribution in [3.63, 3.8) is 0 Å². The van der Waals surface area contributed by atoms with Crippen molar-refractivity contribution in [3.8, 4) is 5.69 Å². The van der Waals surface area contributed by atoms with E-state index in [9.17, 15) is 18.4 Å². The number of aromatic nitrogens is 2. The Morgan fingerprint density at radius 3 is 2.43 bits per heavy atom. The van der Waals surface area contributed by atoms with Crippen molar-refractivity contribution in [1.82, 2.24) is 15.0 Å². The Hall–Kier alpha value is -3.91. The molecule has 0 spiro atoms. The van der Waals surface area contributed by atoms with E-state index in [1.807, 2.05) is 0 Å². The molecular formula is C22H15F2N3O3. The minimum absolute atomic E-state index is 0.0197. The average molecular weight is 407 g/mol. The number of fused-ring (bicyclic) bond motifs is 1. The number of carbonyl (C=O) groups excluding carboxylic acids is 1. The smallest absolute Gasteiger partial charge is 0.277 e. The molecule has 30 heavy (non-hydrogen) atoms. The lowest BCUT2D eigenvalue weighted by Gasteiger charge is -2.13. The molecule has 0 bridgehead atoms. The molecule has 150 valence electrons. The molecule has 2 N–H and O–H groups in total. The molecular weight excluding hydrogens is 392 g/mol. The van der Waals surface area contributed by atoms with E-state index in [1.165, 1.54) is 22.8 Å². The van der Waals surface area contributed by atoms with Gasteiger partial charge in [0.05, 0.1) is 11.0 Å². The highest BCUT2D eigenvalue weighted by atomic mass is 19.2. The Bertz CT molecular complexity index is 1320. The summed E-state index contributed by atoms with van der Waals surface area (Å²) in [5, 5.41) is 8.76. The molecule has 1 aromatic heterocycles. The van der Waals surface area contributed by atoms with Crippen LogP contribution in [0.1, 0.15) is 21.6 Å². The number of benzene rings is 3. The number of rotatable bonds is 4. The van der Waals surface area contributed by atoms with Gasteiger partial charge in [0.1, 0.15) is 5.69 Å². The molecule has 0 saturated carbocycles. The monoisotopic (exact) mass is 407 g/mol. The molecule has 1 amide bonds. The summed E-state index contributed by atoms with van der Waals surface area (Å²) in [6.45, 7) is 0. The first-order chi connectivity index (χ1) is 14.5. The molecule has 0 radical (unpaired) electrons. The van der Waals surface area contributed by atoms with E-state index in [2.05, 4.69) is 4.98 Å². The first kappa shape index (κ1) is 19.4. The highest BCUT2D eigenvalue weighted by Crippen LogP contribution is 2.18. The summed E-state index contributed by atoms with van der Waals surface area (Å²) >= 11 is 0. The van der Waals surface area contributed by atoms with Gasteiger partial charge in [-0.25, -0.2) is 19.2 Å². The van der Waals surface area contributed by atoms with Crippen molar-refractivity contribution < 1.29 is 18.8 Å². The van der Waals surface area contributed by atoms with Crippen LogP contribution in [0.25, 0.3) is 16.7 Å². The zero-order valence-electron chi connectivity index (χ0n) is 15.5. The Morgan fingerprint density at radius 2 is 1.73 bits per heavy atom. The van der Waals surface area contributed by atoms with Crippen LogP contribution in [-0.4, -0.2) is 20.7 Å². The lowest BCUT2D eigenvalue weighted by molar-refractivity contribution is 0.0706. The molecule has 0 saturated heterocycles. The minimum atomic E-state index is -0.994. The Balaban J connectivity index is 1.86. The van der Waals surface area contributed by atoms with Crippen LogP contribution in [0.15, 0.2) is 71.5 Å². The molecule has 4 aromatic rings. The topological polar surface area (TPSA) is 84.2 Å². The number of hydrogen-bond acceptors (Lipinski definition) is 4. The van der Waals surface area contributed by atoms with Gasteiger partial charge >= 0.3 is 0 Å². The molecule has 0 aliphatic carbocycles. The lowest BCUT2D eigenvalue weighted by atomic mass is 10.1. The van der Waals surface area contributed by atoms with Crippen molar-refractivity contribution in [3.05, 3.63) is 106 Å². The lowest BCUT2D eigenvalue weighted by Crippen LogP contribution is -2.25. The normalized spacial score (nSPS) is 10.9. The first-order valence-corrected chi connectivity index (χ1v) is 8.97. The summed E-state index contributed by atoms with van der Waals surface area (Å²) in [6.07, 6.45) is 0.0197. The summed E-state index contributed by atoms with van der Waals surface area (Å²) in [5.74, 6) is -2.63. The van der Waals surface area contributed by atoms with Gasteiger partial charge in [0.15, 0.2) is 11.6 Å². The van der Waals surface area contributed by atoms with Gasteiger partial charge in [-0.15, -0.1) is 0 Å². The summed E-state index contributed by atoms with van der Waals surface area (Å²) in [6, 6.07) is 16.6. The average Bonchev–Trinajstić information content (AvgIpc) is 2.76. The van der Waals surface area contributed by atoms with Gasteiger partial charge in [0, 0.05) is 17.7 Å². The van der Waals surface area contributed by atoms with E-state index in [1.54, 1.807) is 41.9 Å². The largest absolute Gasteiger partial charge is 0.288 e. The summed E-state index contributed by atoms with van der Waals surface area (Å²) < 4.78 is 28.3. The number of para-hydroxylation sites is 2. The first-order valence-electron chi connectivity index (χ1n) is 8.97. The van der Waals surface area contributed by atoms with Gasteiger partial charge in [-0.2, -0.15) is 0 Å². The molecule has 3 aromatic carbocycles. The number of carbonyl (C=O) groups is 1. The molecule has 0 atom stereocenters. The van der Waals surface area contributed by atoms with Gasteiger partial charge in [-0.3, -0.25) is 19.4 Å². The second kappa shape index (κ2) is 7.84. The van der Waals surface area contributed by atoms with Crippen molar-refractivity contribution in [2.75, 3.05) is 0 Å². The number of nitrogens with one attached hydrogen (secondary N) is 1. The predicted molar refractivity (Wildman–Crippen MR) is 106 cm³/mol. The molecule has 0 fully saturated rings. The fourth-order valence-corrected chi connectivity index (χ4v) is 3.22. The van der Waals surface area contributed by atoms with Gasteiger partial charge in [0.25, 0.3) is 11.5 Å². The molecule has 1 heterocycles. The fourth-order valence-electron chi connectivity index (χ4n) is 3.22. The maximum atomic E-state index is 13.6. The SMILES string of the molecule is O=C(NO)c1ccc(-n2c(=O)c(Cc3ccc(F)c(F)c3)nc3ccccc32)cc1. The van der Waals surface area contributed by atoms with Crippen LogP contribution in [0.2, 0.25) is 0 Å². The van der Waals surface area contributed by atoms with Gasteiger partial charge in [0.2, 0.25) is 0 Å². The minimum Gasteiger partial charge on any atom is -0.288 e. The second-order valence-electron chi connectivity index (χ2n) is 6.60. The standard InChI is InChI=1S/C22H15F2N3O3/c23-16-10-5-13(11-17(16)24)12-19-22(29)27(20-4-2-1-3-18(20)25-19)15-8-6-14(7-9-15)21(28)26-30/h1-11,30H,12H2,(H,26,28). The second-order valence-corrected chi connectivity index (χ2v) is 6.60. The van der Waals surface area contributed by atoms with Gasteiger partial charge < -0.3 is 0 Å². The summed E-state index contributed by atoms with van der Waals surface area (Å²) in [4.78, 5) is 29.2. The number of hydroxylamine groups is 1. The van der Waals surface area contributed by atoms with Crippen molar-refractivity contribution in [1.29, 1.82) is 0 Å². The van der Waals surface area contributed by atoms with E-state index in [0.29, 0.717) is 22.3 Å². The van der Waals surface area contributed by atoms with Crippen molar-refractivity contribution >= 4 is 16.9 Å². The van der Waals surface area contributed by atoms with Crippen molar-refractivity contribution in [2.24, 2.45) is 0 Å². The molecule has 8 heteroatoms. The number of amides is 1. The Kier molecular flexibility index (Phi) is 5.07. The van der Waals surface area contributed by atoms with E-state index in [0.717, 1.165) is 12.1 Å². The third-order valence-electron chi connectivity index (χ3n) is 4.67. The zero-order valence-corrected chi connectivity index (χ0v) is 15.5. The summed E-state index contributed by atoms with van der Waals surface area (Å²) in [5.41, 5.74) is 3.51. The molecule has 6 nitrogen and oxygen atoms in total. The van der Waals surface area contributed by atoms with E-state index in [-0.39, 0.29) is 17.7 Å². The zero-order chi connectivity index (χ0) is 21.3. The highest BCUT2D eigenvalue weighted by molar-refractivity contribution is 5.93. The third kappa shape index (κ3) is 3.56. The van der Waals surface area contributed by atoms with E-state index >= 15 is 0 Å². The number of halogens is 2. The molecule has 0 aliphatic heterocycles. The van der Waals surface area contributed by atoms with Crippen LogP contribution in [0.4, 0.5) is 8.78 Å². The highest BCUT2D eigenvalue weighted by Gasteiger charge is 2.14. The maximum absolute atomic E-state index is 13.6. The number of nitrogens with zero attached hydrogens (tertiary/aromatic N) is 2. The maximum Gasteiger partial charge on any atom is 0.277 e. The third-order valence-corrected chi connectivity index (χ3v) is 4.67.